The Morgan fingerprint density at radius 1 is 0.962 bits per heavy atom. The van der Waals surface area contributed by atoms with Crippen molar-refractivity contribution in [1.82, 2.24) is 25.3 Å². The summed E-state index contributed by atoms with van der Waals surface area (Å²) in [6, 6.07) is 5.97. The molecule has 0 unspecified atom stereocenters. The fraction of sp³-hybridized carbons (Fsp3) is 0.452. The molecule has 0 radical (unpaired) electrons. The Morgan fingerprint density at radius 3 is 2.38 bits per heavy atom. The van der Waals surface area contributed by atoms with Gasteiger partial charge >= 0.3 is 25.4 Å². The Balaban J connectivity index is 0.00000627. The van der Waals surface area contributed by atoms with Crippen molar-refractivity contribution in [3.05, 3.63) is 75.4 Å². The van der Waals surface area contributed by atoms with Gasteiger partial charge in [-0.1, -0.05) is 82.0 Å². The van der Waals surface area contributed by atoms with Crippen LogP contribution in [0.15, 0.2) is 24.8 Å². The van der Waals surface area contributed by atoms with Crippen LogP contribution in [0.3, 0.4) is 0 Å². The van der Waals surface area contributed by atoms with Gasteiger partial charge in [0.25, 0.3) is 6.47 Å². The molecule has 0 aliphatic carbocycles. The SMILES string of the molecule is C=Cc1c(C)c2cc3nc(c(CC(=O)OC)c4[n-]c(cc5nc(cc1[n-]2)C(C)=C5CC)c(C)c4C(=O)NCCCCCC)[C@@H](CCCOC=O)[C@@H]3C.[Zn+2]. The fourth-order valence-corrected chi connectivity index (χ4v) is 7.45. The second kappa shape index (κ2) is 18.6. The van der Waals surface area contributed by atoms with Gasteiger partial charge in [0, 0.05) is 35.3 Å². The topological polar surface area (TPSA) is 136 Å². The molecule has 2 aliphatic rings. The number of aryl methyl sites for hydroxylation is 2. The molecule has 3 aromatic rings. The number of carbonyl (C=O) groups excluding carboxylic acids is 3. The average molecular weight is 771 g/mol. The van der Waals surface area contributed by atoms with Crippen LogP contribution in [0.5, 0.6) is 0 Å². The third kappa shape index (κ3) is 8.72. The monoisotopic (exact) mass is 769 g/mol. The molecule has 0 saturated carbocycles. The average Bonchev–Trinajstić information content (AvgIpc) is 3.81. The molecule has 10 nitrogen and oxygen atoms in total. The molecule has 3 aromatic heterocycles. The summed E-state index contributed by atoms with van der Waals surface area (Å²) in [6.45, 7) is 17.7. The molecular formula is C42H51N5O5Zn. The number of hydrogen-bond acceptors (Lipinski definition) is 7. The normalized spacial score (nSPS) is 15.2. The van der Waals surface area contributed by atoms with Crippen LogP contribution in [0, 0.1) is 13.8 Å². The Labute approximate surface area is 325 Å². The first kappa shape index (κ1) is 41.4. The molecule has 1 N–H and O–H groups in total. The number of nitrogens with one attached hydrogen (secondary N) is 1. The van der Waals surface area contributed by atoms with Crippen LogP contribution >= 0.6 is 0 Å². The van der Waals surface area contributed by atoms with E-state index in [2.05, 4.69) is 39.6 Å². The van der Waals surface area contributed by atoms with Crippen molar-refractivity contribution < 1.29 is 43.3 Å². The van der Waals surface area contributed by atoms with Gasteiger partial charge in [0.05, 0.1) is 31.5 Å². The van der Waals surface area contributed by atoms with Crippen LogP contribution in [0.1, 0.15) is 140 Å². The molecule has 0 fully saturated rings. The quantitative estimate of drug-likeness (QED) is 0.0705. The minimum Gasteiger partial charge on any atom is -0.657 e. The van der Waals surface area contributed by atoms with Crippen molar-refractivity contribution >= 4 is 57.6 Å². The van der Waals surface area contributed by atoms with E-state index in [0.29, 0.717) is 59.3 Å². The summed E-state index contributed by atoms with van der Waals surface area (Å²) in [5.41, 5.74) is 11.3. The summed E-state index contributed by atoms with van der Waals surface area (Å²) in [7, 11) is 1.35. The number of amides is 1. The molecule has 53 heavy (non-hydrogen) atoms. The molecule has 0 spiro atoms. The second-order valence-electron chi connectivity index (χ2n) is 13.7. The summed E-state index contributed by atoms with van der Waals surface area (Å²) >= 11 is 0. The minimum atomic E-state index is -0.465. The number of allylic oxidation sites excluding steroid dienone is 2. The predicted molar refractivity (Wildman–Crippen MR) is 206 cm³/mol. The number of methoxy groups -OCH3 is 1. The molecular weight excluding hydrogens is 720 g/mol. The molecule has 2 aliphatic heterocycles. The van der Waals surface area contributed by atoms with E-state index in [1.54, 1.807) is 0 Å². The summed E-state index contributed by atoms with van der Waals surface area (Å²) < 4.78 is 10.3. The largest absolute Gasteiger partial charge is 2.00 e. The van der Waals surface area contributed by atoms with Crippen LogP contribution in [0.4, 0.5) is 0 Å². The maximum atomic E-state index is 14.2. The predicted octanol–water partition coefficient (Wildman–Crippen LogP) is 8.04. The van der Waals surface area contributed by atoms with E-state index < -0.39 is 5.97 Å². The first-order valence-electron chi connectivity index (χ1n) is 18.5. The van der Waals surface area contributed by atoms with Gasteiger partial charge in [0.2, 0.25) is 5.91 Å². The summed E-state index contributed by atoms with van der Waals surface area (Å²) in [6.07, 6.45) is 7.74. The van der Waals surface area contributed by atoms with Crippen molar-refractivity contribution in [2.45, 2.75) is 105 Å². The van der Waals surface area contributed by atoms with Crippen molar-refractivity contribution in [2.75, 3.05) is 20.3 Å². The third-order valence-corrected chi connectivity index (χ3v) is 10.5. The van der Waals surface area contributed by atoms with Gasteiger partial charge in [0.1, 0.15) is 0 Å². The maximum Gasteiger partial charge on any atom is 2.00 e. The number of ether oxygens (including phenoxy) is 2. The summed E-state index contributed by atoms with van der Waals surface area (Å²) in [5, 5.41) is 3.14. The molecule has 0 saturated heterocycles. The molecule has 0 aromatic carbocycles. The number of esters is 1. The zero-order valence-electron chi connectivity index (χ0n) is 32.4. The number of nitrogens with zero attached hydrogens (tertiary/aromatic N) is 4. The number of fused-ring (bicyclic) bond motifs is 8. The molecule has 276 valence electrons. The summed E-state index contributed by atoms with van der Waals surface area (Å²) in [5.74, 6) is -0.962. The van der Waals surface area contributed by atoms with Crippen LogP contribution < -0.4 is 15.3 Å². The molecule has 5 rings (SSSR count). The van der Waals surface area contributed by atoms with Gasteiger partial charge in [0.15, 0.2) is 0 Å². The first-order chi connectivity index (χ1) is 25.1. The smallest absolute Gasteiger partial charge is 0.657 e. The zero-order valence-corrected chi connectivity index (χ0v) is 35.3. The molecule has 5 heterocycles. The van der Waals surface area contributed by atoms with E-state index in [0.717, 1.165) is 82.5 Å². The van der Waals surface area contributed by atoms with Gasteiger partial charge in [-0.05, 0) is 68.7 Å². The van der Waals surface area contributed by atoms with Crippen LogP contribution in [0.2, 0.25) is 0 Å². The first-order valence-corrected chi connectivity index (χ1v) is 18.5. The maximum absolute atomic E-state index is 14.2. The minimum absolute atomic E-state index is 0. The third-order valence-electron chi connectivity index (χ3n) is 10.5. The van der Waals surface area contributed by atoms with E-state index in [-0.39, 0.29) is 50.2 Å². The molecule has 1 amide bonds. The number of aromatic nitrogens is 4. The summed E-state index contributed by atoms with van der Waals surface area (Å²) in [4.78, 5) is 58.9. The van der Waals surface area contributed by atoms with E-state index >= 15 is 0 Å². The number of rotatable bonds is 15. The Morgan fingerprint density at radius 2 is 1.70 bits per heavy atom. The van der Waals surface area contributed by atoms with E-state index in [4.69, 9.17) is 29.4 Å². The molecule has 11 heteroatoms. The number of carbonyl (C=O) groups is 3. The Hall–Kier alpha value is -4.37. The van der Waals surface area contributed by atoms with Gasteiger partial charge in [-0.15, -0.1) is 22.1 Å². The van der Waals surface area contributed by atoms with E-state index in [1.165, 1.54) is 7.11 Å². The van der Waals surface area contributed by atoms with Crippen molar-refractivity contribution in [3.63, 3.8) is 0 Å². The standard InChI is InChI=1S/C42H52N5O5.Zn/c1-9-12-13-14-17-43-42(50)39-27(7)35-22-37-29(11-3)25(5)33(45-37)21-36-28(10-2)24(4)32(44-36)20-34-26(6)30(16-15-18-52-23-48)40(46-34)31(41(39)47-35)19-38(49)51-8;/h10,20-23,26,30H,2,9,11-19H2,1,3-8H3,(H2-,43,44,45,46,47,50);/q-1;+2/p-1/t26-,30-;/m0./s1. The molecule has 2 atom stereocenters. The van der Waals surface area contributed by atoms with Crippen LogP contribution in [-0.4, -0.2) is 48.6 Å². The van der Waals surface area contributed by atoms with Crippen molar-refractivity contribution in [3.8, 4) is 0 Å². The van der Waals surface area contributed by atoms with Crippen molar-refractivity contribution in [2.24, 2.45) is 0 Å². The second-order valence-corrected chi connectivity index (χ2v) is 13.7. The molecule has 8 bridgehead atoms. The van der Waals surface area contributed by atoms with Crippen molar-refractivity contribution in [1.29, 1.82) is 0 Å². The zero-order chi connectivity index (χ0) is 37.5. The van der Waals surface area contributed by atoms with Gasteiger partial charge in [-0.2, -0.15) is 0 Å². The Kier molecular flexibility index (Phi) is 14.5. The fourth-order valence-electron chi connectivity index (χ4n) is 7.45. The number of unbranched alkanes of at least 4 members (excludes halogenated alkanes) is 3. The van der Waals surface area contributed by atoms with Crippen LogP contribution in [-0.2, 0) is 45.0 Å². The van der Waals surface area contributed by atoms with Gasteiger partial charge in [-0.25, -0.2) is 4.98 Å². The van der Waals surface area contributed by atoms with Crippen LogP contribution in [0.25, 0.3) is 39.3 Å². The number of hydrogen-bond donors (Lipinski definition) is 1. The van der Waals surface area contributed by atoms with Gasteiger partial charge < -0.3 is 24.8 Å². The van der Waals surface area contributed by atoms with E-state index in [9.17, 15) is 14.4 Å². The van der Waals surface area contributed by atoms with Gasteiger partial charge in [-0.3, -0.25) is 19.4 Å². The van der Waals surface area contributed by atoms with E-state index in [1.807, 2.05) is 38.1 Å². The Bertz CT molecular complexity index is 2060.